The van der Waals surface area contributed by atoms with E-state index in [2.05, 4.69) is 4.98 Å². The topological polar surface area (TPSA) is 106 Å². The summed E-state index contributed by atoms with van der Waals surface area (Å²) >= 11 is 0. The Morgan fingerprint density at radius 1 is 0.971 bits per heavy atom. The second-order valence-corrected chi connectivity index (χ2v) is 8.46. The van der Waals surface area contributed by atoms with Gasteiger partial charge in [-0.05, 0) is 31.0 Å². The Morgan fingerprint density at radius 2 is 1.69 bits per heavy atom. The molecular formula is C27H23N3O5. The van der Waals surface area contributed by atoms with Crippen LogP contribution in [-0.2, 0) is 4.74 Å². The van der Waals surface area contributed by atoms with Crippen molar-refractivity contribution in [2.45, 2.75) is 18.9 Å². The van der Waals surface area contributed by atoms with Gasteiger partial charge in [0.25, 0.3) is 5.69 Å². The molecule has 8 heteroatoms. The van der Waals surface area contributed by atoms with Gasteiger partial charge in [0, 0.05) is 47.4 Å². The summed E-state index contributed by atoms with van der Waals surface area (Å²) in [6.07, 6.45) is 2.33. The first-order valence-corrected chi connectivity index (χ1v) is 11.4. The zero-order valence-electron chi connectivity index (χ0n) is 18.8. The van der Waals surface area contributed by atoms with Gasteiger partial charge in [0.15, 0.2) is 6.10 Å². The quantitative estimate of drug-likeness (QED) is 0.167. The Bertz CT molecular complexity index is 1410. The van der Waals surface area contributed by atoms with Crippen molar-refractivity contribution in [3.05, 3.63) is 106 Å². The SMILES string of the molecule is O=C(O[C@@H](C(=O)c1c[nH]c2ccccc12)c1ccccc1)c1ccc(N2CCCC2)c([N+](=O)[O-])c1. The molecule has 1 atom stereocenters. The summed E-state index contributed by atoms with van der Waals surface area (Å²) in [5, 5.41) is 12.5. The maximum Gasteiger partial charge on any atom is 0.339 e. The Kier molecular flexibility index (Phi) is 6.01. The minimum atomic E-state index is -1.21. The molecule has 176 valence electrons. The number of ether oxygens (including phenoxy) is 1. The summed E-state index contributed by atoms with van der Waals surface area (Å²) in [7, 11) is 0. The highest BCUT2D eigenvalue weighted by Crippen LogP contribution is 2.33. The number of fused-ring (bicyclic) bond motifs is 1. The fourth-order valence-corrected chi connectivity index (χ4v) is 4.51. The maximum atomic E-state index is 13.6. The van der Waals surface area contributed by atoms with Crippen molar-refractivity contribution in [3.63, 3.8) is 0 Å². The van der Waals surface area contributed by atoms with Gasteiger partial charge in [-0.2, -0.15) is 0 Å². The average Bonchev–Trinajstić information content (AvgIpc) is 3.57. The summed E-state index contributed by atoms with van der Waals surface area (Å²) in [4.78, 5) is 43.0. The van der Waals surface area contributed by atoms with Crippen molar-refractivity contribution in [1.82, 2.24) is 4.98 Å². The Hall–Kier alpha value is -4.46. The van der Waals surface area contributed by atoms with Crippen LogP contribution in [0, 0.1) is 10.1 Å². The third-order valence-electron chi connectivity index (χ3n) is 6.27. The van der Waals surface area contributed by atoms with Crippen molar-refractivity contribution in [3.8, 4) is 0 Å². The van der Waals surface area contributed by atoms with Crippen LogP contribution in [0.5, 0.6) is 0 Å². The molecule has 0 amide bonds. The van der Waals surface area contributed by atoms with Crippen molar-refractivity contribution in [1.29, 1.82) is 0 Å². The van der Waals surface area contributed by atoms with Crippen LogP contribution in [-0.4, -0.2) is 34.7 Å². The Labute approximate surface area is 201 Å². The predicted molar refractivity (Wildman–Crippen MR) is 132 cm³/mol. The van der Waals surface area contributed by atoms with Gasteiger partial charge in [0.1, 0.15) is 5.69 Å². The Morgan fingerprint density at radius 3 is 2.43 bits per heavy atom. The predicted octanol–water partition coefficient (Wildman–Crippen LogP) is 5.46. The van der Waals surface area contributed by atoms with Gasteiger partial charge in [-0.3, -0.25) is 14.9 Å². The maximum absolute atomic E-state index is 13.6. The fourth-order valence-electron chi connectivity index (χ4n) is 4.51. The number of nitro benzene ring substituents is 1. The number of Topliss-reactive ketones (excluding diaryl/α,β-unsaturated/α-hetero) is 1. The van der Waals surface area contributed by atoms with Gasteiger partial charge in [-0.1, -0.05) is 48.5 Å². The van der Waals surface area contributed by atoms with Crippen LogP contribution >= 0.6 is 0 Å². The molecule has 0 radical (unpaired) electrons. The van der Waals surface area contributed by atoms with Gasteiger partial charge < -0.3 is 14.6 Å². The normalized spacial score (nSPS) is 14.1. The average molecular weight is 469 g/mol. The number of nitrogens with one attached hydrogen (secondary N) is 1. The second kappa shape index (κ2) is 9.42. The van der Waals surface area contributed by atoms with E-state index in [0.717, 1.165) is 36.8 Å². The number of rotatable bonds is 7. The third kappa shape index (κ3) is 4.38. The lowest BCUT2D eigenvalue weighted by atomic mass is 9.99. The molecule has 0 unspecified atom stereocenters. The van der Waals surface area contributed by atoms with Gasteiger partial charge in [0.05, 0.1) is 10.5 Å². The number of carbonyl (C=O) groups excluding carboxylic acids is 2. The number of ketones is 1. The highest BCUT2D eigenvalue weighted by molar-refractivity contribution is 6.11. The van der Waals surface area contributed by atoms with Crippen LogP contribution in [0.2, 0.25) is 0 Å². The lowest BCUT2D eigenvalue weighted by molar-refractivity contribution is -0.384. The number of aromatic nitrogens is 1. The lowest BCUT2D eigenvalue weighted by Gasteiger charge is -2.19. The van der Waals surface area contributed by atoms with Crippen LogP contribution < -0.4 is 4.90 Å². The number of anilines is 1. The van der Waals surface area contributed by atoms with Gasteiger partial charge in [0.2, 0.25) is 5.78 Å². The highest BCUT2D eigenvalue weighted by Gasteiger charge is 2.30. The van der Waals surface area contributed by atoms with E-state index < -0.39 is 17.0 Å². The zero-order chi connectivity index (χ0) is 24.4. The summed E-state index contributed by atoms with van der Waals surface area (Å²) < 4.78 is 5.72. The van der Waals surface area contributed by atoms with E-state index >= 15 is 0 Å². The minimum Gasteiger partial charge on any atom is -0.445 e. The van der Waals surface area contributed by atoms with E-state index in [1.807, 2.05) is 29.2 Å². The molecule has 1 aliphatic heterocycles. The molecular weight excluding hydrogens is 446 g/mol. The smallest absolute Gasteiger partial charge is 0.339 e. The number of carbonyl (C=O) groups is 2. The summed E-state index contributed by atoms with van der Waals surface area (Å²) in [6, 6.07) is 20.4. The summed E-state index contributed by atoms with van der Waals surface area (Å²) in [5.41, 5.74) is 2.06. The second-order valence-electron chi connectivity index (χ2n) is 8.46. The number of nitrogens with zero attached hydrogens (tertiary/aromatic N) is 2. The number of aromatic amines is 1. The number of hydrogen-bond acceptors (Lipinski definition) is 6. The lowest BCUT2D eigenvalue weighted by Crippen LogP contribution is -2.21. The van der Waals surface area contributed by atoms with Crippen molar-refractivity contribution < 1.29 is 19.2 Å². The first kappa shape index (κ1) is 22.3. The number of benzene rings is 3. The van der Waals surface area contributed by atoms with E-state index in [-0.39, 0.29) is 17.0 Å². The summed E-state index contributed by atoms with van der Waals surface area (Å²) in [5.74, 6) is -1.19. The van der Waals surface area contributed by atoms with Gasteiger partial charge >= 0.3 is 5.97 Å². The van der Waals surface area contributed by atoms with Crippen molar-refractivity contribution >= 4 is 34.0 Å². The molecule has 8 nitrogen and oxygen atoms in total. The number of nitro groups is 1. The van der Waals surface area contributed by atoms with Crippen molar-refractivity contribution in [2.75, 3.05) is 18.0 Å². The standard InChI is InChI=1S/C27H23N3O5/c31-25(21-17-28-22-11-5-4-10-20(21)22)26(18-8-2-1-3-9-18)35-27(32)19-12-13-23(24(16-19)30(33)34)29-14-6-7-15-29/h1-5,8-13,16-17,26,28H,6-7,14-15H2/t26-/m1/s1. The van der Waals surface area contributed by atoms with E-state index in [0.29, 0.717) is 16.8 Å². The molecule has 5 rings (SSSR count). The fraction of sp³-hybridized carbons (Fsp3) is 0.185. The van der Waals surface area contributed by atoms with Crippen LogP contribution in [0.25, 0.3) is 10.9 Å². The highest BCUT2D eigenvalue weighted by atomic mass is 16.6. The molecule has 3 aromatic carbocycles. The van der Waals surface area contributed by atoms with E-state index in [1.165, 1.54) is 12.1 Å². The van der Waals surface area contributed by atoms with Crippen LogP contribution in [0.3, 0.4) is 0 Å². The molecule has 1 saturated heterocycles. The van der Waals surface area contributed by atoms with Crippen LogP contribution in [0.4, 0.5) is 11.4 Å². The molecule has 0 bridgehead atoms. The molecule has 1 aliphatic rings. The van der Waals surface area contributed by atoms with Crippen LogP contribution in [0.1, 0.15) is 45.2 Å². The van der Waals surface area contributed by atoms with Crippen LogP contribution in [0.15, 0.2) is 79.0 Å². The first-order chi connectivity index (χ1) is 17.0. The van der Waals surface area contributed by atoms with E-state index in [9.17, 15) is 19.7 Å². The number of esters is 1. The molecule has 0 spiro atoms. The first-order valence-electron chi connectivity index (χ1n) is 11.4. The molecule has 4 aromatic rings. The summed E-state index contributed by atoms with van der Waals surface area (Å²) in [6.45, 7) is 1.47. The van der Waals surface area contributed by atoms with Gasteiger partial charge in [-0.15, -0.1) is 0 Å². The number of H-pyrrole nitrogens is 1. The molecule has 2 heterocycles. The molecule has 0 saturated carbocycles. The molecule has 1 fully saturated rings. The molecule has 35 heavy (non-hydrogen) atoms. The number of para-hydroxylation sites is 1. The molecule has 1 aromatic heterocycles. The minimum absolute atomic E-state index is 0.0207. The van der Waals surface area contributed by atoms with Crippen molar-refractivity contribution in [2.24, 2.45) is 0 Å². The van der Waals surface area contributed by atoms with E-state index in [4.69, 9.17) is 4.74 Å². The monoisotopic (exact) mass is 469 g/mol. The largest absolute Gasteiger partial charge is 0.445 e. The number of hydrogen-bond donors (Lipinski definition) is 1. The molecule has 1 N–H and O–H groups in total. The van der Waals surface area contributed by atoms with E-state index in [1.54, 1.807) is 42.6 Å². The third-order valence-corrected chi connectivity index (χ3v) is 6.27. The zero-order valence-corrected chi connectivity index (χ0v) is 18.8. The Balaban J connectivity index is 1.48. The van der Waals surface area contributed by atoms with Gasteiger partial charge in [-0.25, -0.2) is 4.79 Å². The molecule has 0 aliphatic carbocycles.